The Morgan fingerprint density at radius 1 is 0.967 bits per heavy atom. The zero-order valence-corrected chi connectivity index (χ0v) is 19.0. The molecule has 10 heteroatoms. The van der Waals surface area contributed by atoms with E-state index in [0.29, 0.717) is 42.8 Å². The van der Waals surface area contributed by atoms with Gasteiger partial charge in [-0.05, 0) is 57.3 Å². The number of halogens is 2. The van der Waals surface area contributed by atoms with Crippen LogP contribution in [0, 0.1) is 0 Å². The molecule has 0 aromatic heterocycles. The minimum Gasteiger partial charge on any atom is -0.505 e. The quantitative estimate of drug-likeness (QED) is 0.366. The average molecular weight is 473 g/mol. The molecule has 0 spiro atoms. The molecule has 0 saturated heterocycles. The number of carbonyl (C=O) groups is 1. The van der Waals surface area contributed by atoms with Gasteiger partial charge >= 0.3 is 0 Å². The van der Waals surface area contributed by atoms with Gasteiger partial charge < -0.3 is 24.6 Å². The third-order valence-electron chi connectivity index (χ3n) is 3.67. The Balaban J connectivity index is 2.23. The van der Waals surface area contributed by atoms with Crippen molar-refractivity contribution in [2.75, 3.05) is 25.1 Å². The van der Waals surface area contributed by atoms with Crippen LogP contribution in [0.1, 0.15) is 31.1 Å². The van der Waals surface area contributed by atoms with Gasteiger partial charge in [0.15, 0.2) is 22.4 Å². The summed E-state index contributed by atoms with van der Waals surface area (Å²) in [5, 5.41) is 15.1. The number of benzene rings is 2. The van der Waals surface area contributed by atoms with Crippen LogP contribution in [0.2, 0.25) is 10.0 Å². The van der Waals surface area contributed by atoms with Crippen LogP contribution in [0.15, 0.2) is 24.3 Å². The topological polar surface area (TPSA) is 89.1 Å². The third kappa shape index (κ3) is 6.04. The minimum absolute atomic E-state index is 0.0163. The normalized spacial score (nSPS) is 10.3. The van der Waals surface area contributed by atoms with Gasteiger partial charge in [0.25, 0.3) is 5.91 Å². The molecule has 2 rings (SSSR count). The second-order valence-corrected chi connectivity index (χ2v) is 7.02. The summed E-state index contributed by atoms with van der Waals surface area (Å²) in [6, 6.07) is 5.98. The van der Waals surface area contributed by atoms with Crippen molar-refractivity contribution in [3.63, 3.8) is 0 Å². The number of anilines is 1. The number of rotatable bonds is 8. The van der Waals surface area contributed by atoms with Crippen molar-refractivity contribution in [1.82, 2.24) is 5.32 Å². The molecule has 3 N–H and O–H groups in total. The fourth-order valence-electron chi connectivity index (χ4n) is 2.50. The zero-order valence-electron chi connectivity index (χ0n) is 16.7. The number of hydrogen-bond donors (Lipinski definition) is 3. The van der Waals surface area contributed by atoms with Gasteiger partial charge in [-0.25, -0.2) is 0 Å². The van der Waals surface area contributed by atoms with Gasteiger partial charge in [0.05, 0.1) is 29.9 Å². The Hall–Kier alpha value is -2.42. The average Bonchev–Trinajstić information content (AvgIpc) is 2.68. The molecule has 1 amide bonds. The molecule has 0 saturated carbocycles. The molecule has 0 aliphatic rings. The summed E-state index contributed by atoms with van der Waals surface area (Å²) in [5.74, 6) is 0.512. The highest BCUT2D eigenvalue weighted by molar-refractivity contribution is 7.80. The molecule has 162 valence electrons. The number of thiocarbonyl (C=S) groups is 1. The summed E-state index contributed by atoms with van der Waals surface area (Å²) in [6.07, 6.45) is 0. The fraction of sp³-hybridized carbons (Fsp3) is 0.300. The molecule has 0 unspecified atom stereocenters. The number of hydrogen-bond acceptors (Lipinski definition) is 6. The van der Waals surface area contributed by atoms with Crippen LogP contribution in [0.4, 0.5) is 5.69 Å². The number of phenolic OH excluding ortho intramolecular Hbond substituents is 1. The van der Waals surface area contributed by atoms with E-state index in [4.69, 9.17) is 49.6 Å². The van der Waals surface area contributed by atoms with E-state index in [-0.39, 0.29) is 26.5 Å². The molecule has 2 aromatic carbocycles. The first-order valence-electron chi connectivity index (χ1n) is 9.17. The number of aromatic hydroxyl groups is 1. The Bertz CT molecular complexity index is 889. The van der Waals surface area contributed by atoms with Gasteiger partial charge in [0.2, 0.25) is 5.75 Å². The van der Waals surface area contributed by atoms with Gasteiger partial charge in [0, 0.05) is 11.3 Å². The maximum absolute atomic E-state index is 12.7. The van der Waals surface area contributed by atoms with Gasteiger partial charge in [0.1, 0.15) is 0 Å². The number of amides is 1. The Kier molecular flexibility index (Phi) is 8.83. The van der Waals surface area contributed by atoms with Gasteiger partial charge in [-0.15, -0.1) is 0 Å². The van der Waals surface area contributed by atoms with Crippen molar-refractivity contribution in [2.45, 2.75) is 20.8 Å². The molecule has 0 heterocycles. The maximum Gasteiger partial charge on any atom is 0.257 e. The fourth-order valence-corrected chi connectivity index (χ4v) is 3.19. The highest BCUT2D eigenvalue weighted by Crippen LogP contribution is 2.39. The van der Waals surface area contributed by atoms with Crippen LogP contribution in [-0.4, -0.2) is 35.9 Å². The summed E-state index contributed by atoms with van der Waals surface area (Å²) in [5.41, 5.74) is 0.682. The van der Waals surface area contributed by atoms with Crippen molar-refractivity contribution in [3.05, 3.63) is 39.9 Å². The van der Waals surface area contributed by atoms with E-state index in [9.17, 15) is 9.90 Å². The van der Waals surface area contributed by atoms with E-state index < -0.39 is 5.91 Å². The van der Waals surface area contributed by atoms with Gasteiger partial charge in [-0.2, -0.15) is 0 Å². The molecule has 0 radical (unpaired) electrons. The van der Waals surface area contributed by atoms with Crippen LogP contribution in [0.3, 0.4) is 0 Å². The van der Waals surface area contributed by atoms with Crippen molar-refractivity contribution in [1.29, 1.82) is 0 Å². The summed E-state index contributed by atoms with van der Waals surface area (Å²) < 4.78 is 16.9. The molecule has 0 fully saturated rings. The SMILES string of the molecule is CCOc1cc(C(=O)NC(=S)Nc2cc(Cl)c(O)c(Cl)c2)cc(OCC)c1OCC. The molecule has 30 heavy (non-hydrogen) atoms. The molecule has 2 aromatic rings. The van der Waals surface area contributed by atoms with Crippen molar-refractivity contribution < 1.29 is 24.1 Å². The summed E-state index contributed by atoms with van der Waals surface area (Å²) >= 11 is 17.0. The highest BCUT2D eigenvalue weighted by atomic mass is 35.5. The van der Waals surface area contributed by atoms with E-state index in [2.05, 4.69) is 10.6 Å². The molecular weight excluding hydrogens is 451 g/mol. The second kappa shape index (κ2) is 11.1. The lowest BCUT2D eigenvalue weighted by atomic mass is 10.1. The van der Waals surface area contributed by atoms with Crippen molar-refractivity contribution >= 4 is 52.1 Å². The monoisotopic (exact) mass is 472 g/mol. The van der Waals surface area contributed by atoms with Crippen LogP contribution < -0.4 is 24.8 Å². The van der Waals surface area contributed by atoms with Gasteiger partial charge in [-0.1, -0.05) is 23.2 Å². The lowest BCUT2D eigenvalue weighted by Gasteiger charge is -2.17. The smallest absolute Gasteiger partial charge is 0.257 e. The Morgan fingerprint density at radius 2 is 1.47 bits per heavy atom. The predicted octanol–water partition coefficient (Wildman–Crippen LogP) is 5.02. The molecule has 0 aliphatic heterocycles. The van der Waals surface area contributed by atoms with E-state index in [1.807, 2.05) is 20.8 Å². The predicted molar refractivity (Wildman–Crippen MR) is 122 cm³/mol. The lowest BCUT2D eigenvalue weighted by molar-refractivity contribution is 0.0976. The van der Waals surface area contributed by atoms with Crippen LogP contribution in [0.25, 0.3) is 0 Å². The van der Waals surface area contributed by atoms with Gasteiger partial charge in [-0.3, -0.25) is 10.1 Å². The maximum atomic E-state index is 12.7. The zero-order chi connectivity index (χ0) is 22.3. The van der Waals surface area contributed by atoms with E-state index in [0.717, 1.165) is 0 Å². The molecule has 0 atom stereocenters. The van der Waals surface area contributed by atoms with E-state index in [1.165, 1.54) is 12.1 Å². The lowest BCUT2D eigenvalue weighted by Crippen LogP contribution is -2.34. The van der Waals surface area contributed by atoms with E-state index in [1.54, 1.807) is 12.1 Å². The summed E-state index contributed by atoms with van der Waals surface area (Å²) in [6.45, 7) is 6.69. The molecule has 0 bridgehead atoms. The number of ether oxygens (including phenoxy) is 3. The van der Waals surface area contributed by atoms with Crippen LogP contribution >= 0.6 is 35.4 Å². The van der Waals surface area contributed by atoms with E-state index >= 15 is 0 Å². The second-order valence-electron chi connectivity index (χ2n) is 5.80. The van der Waals surface area contributed by atoms with Crippen LogP contribution in [-0.2, 0) is 0 Å². The third-order valence-corrected chi connectivity index (χ3v) is 4.45. The first-order valence-corrected chi connectivity index (χ1v) is 10.3. The van der Waals surface area contributed by atoms with Crippen LogP contribution in [0.5, 0.6) is 23.0 Å². The standard InChI is InChI=1S/C20H22Cl2N2O5S/c1-4-27-15-7-11(8-16(28-5-2)18(15)29-6-3)19(26)24-20(30)23-12-9-13(21)17(25)14(22)10-12/h7-10,25H,4-6H2,1-3H3,(H2,23,24,26,30). The summed E-state index contributed by atoms with van der Waals surface area (Å²) in [7, 11) is 0. The first-order chi connectivity index (χ1) is 14.3. The summed E-state index contributed by atoms with van der Waals surface area (Å²) in [4.78, 5) is 12.7. The number of nitrogens with one attached hydrogen (secondary N) is 2. The number of carbonyl (C=O) groups excluding carboxylic acids is 1. The Morgan fingerprint density at radius 3 is 1.93 bits per heavy atom. The highest BCUT2D eigenvalue weighted by Gasteiger charge is 2.19. The van der Waals surface area contributed by atoms with Crippen molar-refractivity contribution in [3.8, 4) is 23.0 Å². The molecule has 7 nitrogen and oxygen atoms in total. The minimum atomic E-state index is -0.478. The largest absolute Gasteiger partial charge is 0.505 e. The Labute approximate surface area is 190 Å². The molecular formula is C20H22Cl2N2O5S. The molecule has 0 aliphatic carbocycles. The first kappa shape index (κ1) is 23.9. The van der Waals surface area contributed by atoms with Crippen molar-refractivity contribution in [2.24, 2.45) is 0 Å². The number of phenols is 1.